The molecule has 1 aliphatic carbocycles. The summed E-state index contributed by atoms with van der Waals surface area (Å²) >= 11 is 0. The summed E-state index contributed by atoms with van der Waals surface area (Å²) in [5, 5.41) is 3.73. The van der Waals surface area contributed by atoms with Crippen LogP contribution in [-0.2, 0) is 27.7 Å². The number of methoxy groups -OCH3 is 1. The van der Waals surface area contributed by atoms with Crippen LogP contribution in [-0.4, -0.2) is 43.8 Å². The summed E-state index contributed by atoms with van der Waals surface area (Å²) in [6.45, 7) is 0.524. The molecule has 2 aliphatic rings. The molecule has 2 aromatic heterocycles. The number of nitrogens with zero attached hydrogens (tertiary/aromatic N) is 2. The Hall–Kier alpha value is -3.82. The summed E-state index contributed by atoms with van der Waals surface area (Å²) in [4.78, 5) is 22.3. The zero-order valence-corrected chi connectivity index (χ0v) is 21.8. The van der Waals surface area contributed by atoms with E-state index in [4.69, 9.17) is 14.5 Å². The molecule has 6 rings (SSSR count). The monoisotopic (exact) mass is 529 g/mol. The van der Waals surface area contributed by atoms with Crippen LogP contribution in [0.2, 0.25) is 0 Å². The van der Waals surface area contributed by atoms with Gasteiger partial charge in [0.05, 0.1) is 54.4 Å². The average Bonchev–Trinajstić information content (AvgIpc) is 3.79. The Labute approximate surface area is 221 Å². The highest BCUT2D eigenvalue weighted by atomic mass is 32.2. The maximum absolute atomic E-state index is 12.9. The second-order valence-electron chi connectivity index (χ2n) is 9.68. The summed E-state index contributed by atoms with van der Waals surface area (Å²) < 4.78 is 36.1. The Kier molecular flexibility index (Phi) is 6.33. The average molecular weight is 530 g/mol. The maximum atomic E-state index is 12.9. The lowest BCUT2D eigenvalue weighted by Gasteiger charge is -2.11. The van der Waals surface area contributed by atoms with Crippen molar-refractivity contribution >= 4 is 26.6 Å². The molecule has 1 amide bonds. The minimum absolute atomic E-state index is 0.0996. The largest absolute Gasteiger partial charge is 0.496 e. The van der Waals surface area contributed by atoms with Crippen molar-refractivity contribution in [3.05, 3.63) is 83.2 Å². The van der Waals surface area contributed by atoms with Gasteiger partial charge in [0, 0.05) is 22.7 Å². The topological polar surface area (TPSA) is 107 Å². The Bertz CT molecular complexity index is 1660. The van der Waals surface area contributed by atoms with Gasteiger partial charge >= 0.3 is 0 Å². The zero-order valence-electron chi connectivity index (χ0n) is 20.9. The lowest BCUT2D eigenvalue weighted by molar-refractivity contribution is 0.0950. The fraction of sp³-hybridized carbons (Fsp3) is 0.276. The van der Waals surface area contributed by atoms with Crippen molar-refractivity contribution in [2.24, 2.45) is 0 Å². The highest BCUT2D eigenvalue weighted by Gasteiger charge is 2.25. The highest BCUT2D eigenvalue weighted by molar-refractivity contribution is 7.91. The number of hydrogen-bond donors (Lipinski definition) is 1. The summed E-state index contributed by atoms with van der Waals surface area (Å²) in [5.41, 5.74) is 5.26. The minimum Gasteiger partial charge on any atom is -0.496 e. The lowest BCUT2D eigenvalue weighted by Crippen LogP contribution is -2.23. The molecule has 0 saturated heterocycles. The van der Waals surface area contributed by atoms with E-state index in [0.29, 0.717) is 17.2 Å². The van der Waals surface area contributed by atoms with Crippen LogP contribution in [0, 0.1) is 0 Å². The smallest absolute Gasteiger partial charge is 0.251 e. The first kappa shape index (κ1) is 24.5. The van der Waals surface area contributed by atoms with Crippen molar-refractivity contribution in [3.63, 3.8) is 0 Å². The number of hydrogen-bond acceptors (Lipinski definition) is 7. The van der Waals surface area contributed by atoms with Crippen molar-refractivity contribution in [2.75, 3.05) is 19.5 Å². The van der Waals surface area contributed by atoms with Gasteiger partial charge < -0.3 is 14.8 Å². The second-order valence-corrected chi connectivity index (χ2v) is 11.8. The van der Waals surface area contributed by atoms with Gasteiger partial charge in [-0.15, -0.1) is 0 Å². The number of fused-ring (bicyclic) bond motifs is 2. The molecular weight excluding hydrogens is 502 g/mol. The third-order valence-corrected chi connectivity index (χ3v) is 8.78. The molecule has 0 unspecified atom stereocenters. The predicted molar refractivity (Wildman–Crippen MR) is 143 cm³/mol. The third-order valence-electron chi connectivity index (χ3n) is 7.03. The number of carbonyl (C=O) groups is 1. The van der Waals surface area contributed by atoms with Gasteiger partial charge in [0.2, 0.25) is 0 Å². The molecule has 1 fully saturated rings. The van der Waals surface area contributed by atoms with Crippen molar-refractivity contribution in [2.45, 2.75) is 36.8 Å². The fourth-order valence-electron chi connectivity index (χ4n) is 4.73. The fourth-order valence-corrected chi connectivity index (χ4v) is 6.12. The molecule has 2 aromatic carbocycles. The molecule has 9 heteroatoms. The first-order valence-corrected chi connectivity index (χ1v) is 14.2. The van der Waals surface area contributed by atoms with Gasteiger partial charge in [-0.2, -0.15) is 0 Å². The van der Waals surface area contributed by atoms with Crippen molar-refractivity contribution in [3.8, 4) is 17.0 Å². The molecule has 0 atom stereocenters. The molecule has 4 aromatic rings. The van der Waals surface area contributed by atoms with Crippen molar-refractivity contribution in [1.82, 2.24) is 15.3 Å². The van der Waals surface area contributed by atoms with Gasteiger partial charge in [-0.3, -0.25) is 9.78 Å². The van der Waals surface area contributed by atoms with Gasteiger partial charge in [0.25, 0.3) is 5.91 Å². The van der Waals surface area contributed by atoms with Crippen LogP contribution in [0.4, 0.5) is 0 Å². The number of carbonyl (C=O) groups excluding carboxylic acids is 1. The first-order valence-electron chi connectivity index (χ1n) is 12.6. The predicted octanol–water partition coefficient (Wildman–Crippen LogP) is 4.42. The third kappa shape index (κ3) is 4.87. The van der Waals surface area contributed by atoms with E-state index in [9.17, 15) is 13.2 Å². The summed E-state index contributed by atoms with van der Waals surface area (Å²) in [6, 6.07) is 16.8. The van der Waals surface area contributed by atoms with Crippen LogP contribution in [0.1, 0.15) is 45.9 Å². The molecular formula is C29H27N3O5S. The SMILES string of the molecule is COc1cc(C2CC2)ccc1-c1ccc2cnc(CNC(=O)c3ccc4c(c3)S(=O)(=O)CCOC4)cc2n1. The van der Waals surface area contributed by atoms with Crippen LogP contribution in [0.15, 0.2) is 65.7 Å². The van der Waals surface area contributed by atoms with Crippen LogP contribution < -0.4 is 10.1 Å². The quantitative estimate of drug-likeness (QED) is 0.394. The zero-order chi connectivity index (χ0) is 26.3. The van der Waals surface area contributed by atoms with Crippen LogP contribution in [0.5, 0.6) is 5.75 Å². The van der Waals surface area contributed by atoms with Gasteiger partial charge in [0.15, 0.2) is 9.84 Å². The molecule has 1 saturated carbocycles. The van der Waals surface area contributed by atoms with Gasteiger partial charge in [-0.1, -0.05) is 12.1 Å². The number of pyridine rings is 2. The normalized spacial score (nSPS) is 16.4. The molecule has 1 aliphatic heterocycles. The molecule has 1 N–H and O–H groups in total. The van der Waals surface area contributed by atoms with Crippen molar-refractivity contribution < 1.29 is 22.7 Å². The summed E-state index contributed by atoms with van der Waals surface area (Å²) in [6.07, 6.45) is 4.18. The van der Waals surface area contributed by atoms with Crippen molar-refractivity contribution in [1.29, 1.82) is 0 Å². The van der Waals surface area contributed by atoms with E-state index in [1.165, 1.54) is 24.5 Å². The Morgan fingerprint density at radius 3 is 2.79 bits per heavy atom. The second kappa shape index (κ2) is 9.81. The van der Waals surface area contributed by atoms with E-state index in [1.54, 1.807) is 25.4 Å². The summed E-state index contributed by atoms with van der Waals surface area (Å²) in [5.74, 6) is 0.961. The molecule has 38 heavy (non-hydrogen) atoms. The van der Waals surface area contributed by atoms with Gasteiger partial charge in [-0.25, -0.2) is 13.4 Å². The van der Waals surface area contributed by atoms with E-state index in [-0.39, 0.29) is 41.9 Å². The molecule has 8 nitrogen and oxygen atoms in total. The Morgan fingerprint density at radius 2 is 1.97 bits per heavy atom. The summed E-state index contributed by atoms with van der Waals surface area (Å²) in [7, 11) is -1.82. The Balaban J connectivity index is 1.22. The Morgan fingerprint density at radius 1 is 1.11 bits per heavy atom. The highest BCUT2D eigenvalue weighted by Crippen LogP contribution is 2.43. The number of amides is 1. The molecule has 0 bridgehead atoms. The number of ether oxygens (including phenoxy) is 2. The van der Waals surface area contributed by atoms with Gasteiger partial charge in [-0.05, 0) is 72.4 Å². The van der Waals surface area contributed by atoms with Gasteiger partial charge in [0.1, 0.15) is 5.75 Å². The van der Waals surface area contributed by atoms with Crippen LogP contribution >= 0.6 is 0 Å². The maximum Gasteiger partial charge on any atom is 0.251 e. The van der Waals surface area contributed by atoms with E-state index >= 15 is 0 Å². The van der Waals surface area contributed by atoms with Crippen LogP contribution in [0.25, 0.3) is 22.2 Å². The standard InChI is InChI=1S/C29H27N3O5S/c1-36-27-12-19(18-2-3-18)6-8-24(27)25-9-7-21-15-30-23(14-26(21)32-25)16-31-29(33)20-4-5-22-17-37-10-11-38(34,35)28(22)13-20/h4-9,12-15,18H,2-3,10-11,16-17H2,1H3,(H,31,33). The molecule has 0 spiro atoms. The molecule has 3 heterocycles. The van der Waals surface area contributed by atoms with Crippen LogP contribution in [0.3, 0.4) is 0 Å². The molecule has 194 valence electrons. The van der Waals surface area contributed by atoms with E-state index in [1.807, 2.05) is 18.2 Å². The minimum atomic E-state index is -3.50. The number of benzene rings is 2. The number of sulfone groups is 1. The van der Waals surface area contributed by atoms with E-state index < -0.39 is 9.84 Å². The number of nitrogens with one attached hydrogen (secondary N) is 1. The van der Waals surface area contributed by atoms with E-state index in [0.717, 1.165) is 27.9 Å². The first-order chi connectivity index (χ1) is 18.4. The van der Waals surface area contributed by atoms with E-state index in [2.05, 4.69) is 28.5 Å². The molecule has 0 radical (unpaired) electrons. The number of rotatable bonds is 6. The number of aromatic nitrogens is 2. The lowest BCUT2D eigenvalue weighted by atomic mass is 10.0.